The lowest BCUT2D eigenvalue weighted by Crippen LogP contribution is -2.25. The lowest BCUT2D eigenvalue weighted by atomic mass is 10.1. The van der Waals surface area contributed by atoms with Crippen LogP contribution in [0, 0.1) is 0 Å². The van der Waals surface area contributed by atoms with E-state index in [1.807, 2.05) is 0 Å². The second kappa shape index (κ2) is 3.88. The van der Waals surface area contributed by atoms with Crippen LogP contribution in [-0.4, -0.2) is 6.04 Å². The number of hydrogen-bond acceptors (Lipinski definition) is 2. The first-order valence-electron chi connectivity index (χ1n) is 3.98. The minimum absolute atomic E-state index is 0.487. The Morgan fingerprint density at radius 3 is 2.55 bits per heavy atom. The normalized spacial score (nSPS) is 13.8. The average molecular weight is 169 g/mol. The van der Waals surface area contributed by atoms with Crippen molar-refractivity contribution in [2.45, 2.75) is 32.9 Å². The van der Waals surface area contributed by atoms with Gasteiger partial charge in [0, 0.05) is 12.1 Å². The zero-order valence-corrected chi connectivity index (χ0v) is 8.11. The molecule has 11 heavy (non-hydrogen) atoms. The summed E-state index contributed by atoms with van der Waals surface area (Å²) in [5.74, 6) is 0. The molecule has 0 aromatic carbocycles. The molecule has 0 aliphatic carbocycles. The van der Waals surface area contributed by atoms with Crippen molar-refractivity contribution >= 4 is 11.3 Å². The van der Waals surface area contributed by atoms with Gasteiger partial charge in [-0.3, -0.25) is 0 Å². The topological polar surface area (TPSA) is 12.0 Å². The van der Waals surface area contributed by atoms with E-state index in [4.69, 9.17) is 0 Å². The van der Waals surface area contributed by atoms with Gasteiger partial charge in [0.1, 0.15) is 0 Å². The molecule has 1 heterocycles. The van der Waals surface area contributed by atoms with Crippen LogP contribution in [0.25, 0.3) is 0 Å². The van der Waals surface area contributed by atoms with Crippen molar-refractivity contribution in [3.63, 3.8) is 0 Å². The summed E-state index contributed by atoms with van der Waals surface area (Å²) in [5, 5.41) is 7.77. The molecule has 0 bridgehead atoms. The van der Waals surface area contributed by atoms with Crippen molar-refractivity contribution in [2.24, 2.45) is 0 Å². The Morgan fingerprint density at radius 1 is 1.36 bits per heavy atom. The third kappa shape index (κ3) is 2.64. The van der Waals surface area contributed by atoms with Crippen molar-refractivity contribution in [1.82, 2.24) is 5.32 Å². The van der Waals surface area contributed by atoms with E-state index in [-0.39, 0.29) is 0 Å². The van der Waals surface area contributed by atoms with Gasteiger partial charge in [-0.15, -0.1) is 0 Å². The quantitative estimate of drug-likeness (QED) is 0.733. The van der Waals surface area contributed by atoms with Gasteiger partial charge in [-0.2, -0.15) is 11.3 Å². The Labute approximate surface area is 72.4 Å². The molecule has 0 amide bonds. The molecule has 62 valence electrons. The molecule has 1 aromatic heterocycles. The van der Waals surface area contributed by atoms with Crippen LogP contribution in [0.4, 0.5) is 0 Å². The SMILES string of the molecule is CC(C)NC(C)c1ccsc1. The average Bonchev–Trinajstić information content (AvgIpc) is 2.35. The minimum atomic E-state index is 0.487. The first-order chi connectivity index (χ1) is 5.20. The first-order valence-corrected chi connectivity index (χ1v) is 4.92. The smallest absolute Gasteiger partial charge is 0.0302 e. The molecule has 0 radical (unpaired) electrons. The van der Waals surface area contributed by atoms with Crippen LogP contribution in [0.15, 0.2) is 16.8 Å². The highest BCUT2D eigenvalue weighted by Crippen LogP contribution is 2.15. The van der Waals surface area contributed by atoms with Crippen molar-refractivity contribution in [1.29, 1.82) is 0 Å². The Balaban J connectivity index is 2.49. The molecule has 0 saturated heterocycles. The van der Waals surface area contributed by atoms with Gasteiger partial charge in [-0.05, 0) is 29.3 Å². The lowest BCUT2D eigenvalue weighted by molar-refractivity contribution is 0.507. The number of hydrogen-bond donors (Lipinski definition) is 1. The maximum atomic E-state index is 3.45. The van der Waals surface area contributed by atoms with E-state index < -0.39 is 0 Å². The van der Waals surface area contributed by atoms with Gasteiger partial charge in [0.25, 0.3) is 0 Å². The molecule has 0 spiro atoms. The molecule has 0 saturated carbocycles. The number of thiophene rings is 1. The van der Waals surface area contributed by atoms with Gasteiger partial charge in [0.15, 0.2) is 0 Å². The zero-order chi connectivity index (χ0) is 8.27. The van der Waals surface area contributed by atoms with Crippen LogP contribution in [-0.2, 0) is 0 Å². The minimum Gasteiger partial charge on any atom is -0.308 e. The third-order valence-corrected chi connectivity index (χ3v) is 2.33. The van der Waals surface area contributed by atoms with E-state index in [9.17, 15) is 0 Å². The van der Waals surface area contributed by atoms with Crippen LogP contribution < -0.4 is 5.32 Å². The zero-order valence-electron chi connectivity index (χ0n) is 7.29. The summed E-state index contributed by atoms with van der Waals surface area (Å²) >= 11 is 1.76. The summed E-state index contributed by atoms with van der Waals surface area (Å²) < 4.78 is 0. The summed E-state index contributed by atoms with van der Waals surface area (Å²) in [6.07, 6.45) is 0. The molecule has 0 fully saturated rings. The standard InChI is InChI=1S/C9H15NS/c1-7(2)10-8(3)9-4-5-11-6-9/h4-8,10H,1-3H3. The van der Waals surface area contributed by atoms with E-state index in [0.29, 0.717) is 12.1 Å². The molecular weight excluding hydrogens is 154 g/mol. The van der Waals surface area contributed by atoms with Crippen LogP contribution in [0.2, 0.25) is 0 Å². The maximum Gasteiger partial charge on any atom is 0.0302 e. The summed E-state index contributed by atoms with van der Waals surface area (Å²) in [6.45, 7) is 6.54. The first kappa shape index (κ1) is 8.75. The van der Waals surface area contributed by atoms with Gasteiger partial charge in [0.05, 0.1) is 0 Å². The molecule has 0 aliphatic rings. The van der Waals surface area contributed by atoms with Crippen molar-refractivity contribution in [3.05, 3.63) is 22.4 Å². The fourth-order valence-electron chi connectivity index (χ4n) is 1.12. The second-order valence-electron chi connectivity index (χ2n) is 3.10. The Hall–Kier alpha value is -0.340. The molecular formula is C9H15NS. The van der Waals surface area contributed by atoms with E-state index >= 15 is 0 Å². The molecule has 1 rings (SSSR count). The van der Waals surface area contributed by atoms with E-state index in [1.165, 1.54) is 5.56 Å². The maximum absolute atomic E-state index is 3.45. The van der Waals surface area contributed by atoms with Crippen LogP contribution in [0.5, 0.6) is 0 Å². The molecule has 2 heteroatoms. The third-order valence-electron chi connectivity index (χ3n) is 1.63. The molecule has 1 nitrogen and oxygen atoms in total. The molecule has 1 aromatic rings. The lowest BCUT2D eigenvalue weighted by Gasteiger charge is -2.15. The molecule has 1 unspecified atom stereocenters. The molecule has 1 atom stereocenters. The summed E-state index contributed by atoms with van der Waals surface area (Å²) in [7, 11) is 0. The predicted molar refractivity (Wildman–Crippen MR) is 51.0 cm³/mol. The van der Waals surface area contributed by atoms with E-state index in [1.54, 1.807) is 11.3 Å². The fraction of sp³-hybridized carbons (Fsp3) is 0.556. The van der Waals surface area contributed by atoms with E-state index in [0.717, 1.165) is 0 Å². The monoisotopic (exact) mass is 169 g/mol. The van der Waals surface area contributed by atoms with Crippen LogP contribution in [0.1, 0.15) is 32.4 Å². The Morgan fingerprint density at radius 2 is 2.09 bits per heavy atom. The largest absolute Gasteiger partial charge is 0.308 e. The summed E-state index contributed by atoms with van der Waals surface area (Å²) in [4.78, 5) is 0. The Bertz CT molecular complexity index is 191. The van der Waals surface area contributed by atoms with Gasteiger partial charge in [0.2, 0.25) is 0 Å². The Kier molecular flexibility index (Phi) is 3.09. The molecule has 0 aliphatic heterocycles. The predicted octanol–water partition coefficient (Wildman–Crippen LogP) is 2.81. The highest BCUT2D eigenvalue weighted by molar-refractivity contribution is 7.07. The number of rotatable bonds is 3. The van der Waals surface area contributed by atoms with Gasteiger partial charge in [-0.25, -0.2) is 0 Å². The van der Waals surface area contributed by atoms with Crippen molar-refractivity contribution < 1.29 is 0 Å². The van der Waals surface area contributed by atoms with Crippen molar-refractivity contribution in [2.75, 3.05) is 0 Å². The molecule has 1 N–H and O–H groups in total. The fourth-order valence-corrected chi connectivity index (χ4v) is 1.87. The second-order valence-corrected chi connectivity index (χ2v) is 3.88. The van der Waals surface area contributed by atoms with Gasteiger partial charge < -0.3 is 5.32 Å². The highest BCUT2D eigenvalue weighted by atomic mass is 32.1. The summed E-state index contributed by atoms with van der Waals surface area (Å²) in [5.41, 5.74) is 1.39. The van der Waals surface area contributed by atoms with Gasteiger partial charge in [-0.1, -0.05) is 13.8 Å². The number of nitrogens with one attached hydrogen (secondary N) is 1. The highest BCUT2D eigenvalue weighted by Gasteiger charge is 2.05. The van der Waals surface area contributed by atoms with Gasteiger partial charge >= 0.3 is 0 Å². The summed E-state index contributed by atoms with van der Waals surface area (Å²) in [6, 6.07) is 3.22. The van der Waals surface area contributed by atoms with Crippen LogP contribution >= 0.6 is 11.3 Å². The van der Waals surface area contributed by atoms with E-state index in [2.05, 4.69) is 42.9 Å². The van der Waals surface area contributed by atoms with Crippen molar-refractivity contribution in [3.8, 4) is 0 Å². The van der Waals surface area contributed by atoms with Crippen LogP contribution in [0.3, 0.4) is 0 Å².